The van der Waals surface area contributed by atoms with Gasteiger partial charge in [-0.05, 0) is 54.7 Å². The van der Waals surface area contributed by atoms with Crippen LogP contribution in [0.5, 0.6) is 11.5 Å². The molecule has 1 unspecified atom stereocenters. The van der Waals surface area contributed by atoms with Crippen LogP contribution in [0.2, 0.25) is 0 Å². The average molecular weight is 468 g/mol. The van der Waals surface area contributed by atoms with E-state index in [2.05, 4.69) is 24.3 Å². The average Bonchev–Trinajstić information content (AvgIpc) is 3.08. The van der Waals surface area contributed by atoms with Gasteiger partial charge in [0.1, 0.15) is 22.3 Å². The van der Waals surface area contributed by atoms with Crippen molar-refractivity contribution < 1.29 is 23.2 Å². The van der Waals surface area contributed by atoms with Crippen LogP contribution < -0.4 is 14.6 Å². The van der Waals surface area contributed by atoms with Crippen LogP contribution in [-0.4, -0.2) is 29.1 Å². The molecule has 33 heavy (non-hydrogen) atoms. The van der Waals surface area contributed by atoms with Crippen molar-refractivity contribution in [3.8, 4) is 11.5 Å². The molecule has 0 fully saturated rings. The maximum atomic E-state index is 11.0. The van der Waals surface area contributed by atoms with E-state index < -0.39 is 11.0 Å². The first-order valence-electron chi connectivity index (χ1n) is 11.2. The van der Waals surface area contributed by atoms with Gasteiger partial charge in [0.2, 0.25) is 0 Å². The number of benzene rings is 2. The Bertz CT molecular complexity index is 1150. The first kappa shape index (κ1) is 23.3. The molecule has 3 N–H and O–H groups in total. The second kappa shape index (κ2) is 11.3. The first-order valence-corrected chi connectivity index (χ1v) is 12.4. The van der Waals surface area contributed by atoms with Gasteiger partial charge in [0.05, 0.1) is 18.1 Å². The van der Waals surface area contributed by atoms with Gasteiger partial charge in [0.15, 0.2) is 11.5 Å². The summed E-state index contributed by atoms with van der Waals surface area (Å²) in [5.41, 5.74) is 3.52. The fourth-order valence-corrected chi connectivity index (χ4v) is 4.35. The molecular weight excluding hydrogens is 438 g/mol. The summed E-state index contributed by atoms with van der Waals surface area (Å²) in [7, 11) is -1.47. The highest BCUT2D eigenvalue weighted by atomic mass is 32.2. The number of hydrogen-bond donors (Lipinski definition) is 2. The van der Waals surface area contributed by atoms with E-state index in [1.165, 1.54) is 11.1 Å². The third kappa shape index (κ3) is 6.13. The van der Waals surface area contributed by atoms with Crippen LogP contribution in [0.25, 0.3) is 11.0 Å². The quantitative estimate of drug-likeness (QED) is 0.560. The molecule has 1 aromatic heterocycles. The lowest BCUT2D eigenvalue weighted by molar-refractivity contribution is 0.297. The summed E-state index contributed by atoms with van der Waals surface area (Å²) >= 11 is 0. The van der Waals surface area contributed by atoms with Gasteiger partial charge in [0.25, 0.3) is 0 Å². The molecule has 7 heteroatoms. The van der Waals surface area contributed by atoms with Gasteiger partial charge in [-0.3, -0.25) is 0 Å². The summed E-state index contributed by atoms with van der Waals surface area (Å²) in [6.07, 6.45) is 9.11. The van der Waals surface area contributed by atoms with Crippen molar-refractivity contribution in [2.24, 2.45) is 5.14 Å². The van der Waals surface area contributed by atoms with E-state index in [1.807, 2.05) is 18.2 Å². The topological polar surface area (TPSA) is 94.9 Å². The summed E-state index contributed by atoms with van der Waals surface area (Å²) in [5.74, 6) is 2.31. The number of aliphatic hydroxyl groups is 1. The number of aliphatic hydroxyl groups excluding tert-OH is 1. The van der Waals surface area contributed by atoms with E-state index in [4.69, 9.17) is 24.1 Å². The monoisotopic (exact) mass is 467 g/mol. The van der Waals surface area contributed by atoms with Gasteiger partial charge in [0, 0.05) is 30.9 Å². The molecule has 0 saturated heterocycles. The second-order valence-electron chi connectivity index (χ2n) is 7.89. The van der Waals surface area contributed by atoms with E-state index >= 15 is 0 Å². The van der Waals surface area contributed by atoms with Crippen molar-refractivity contribution in [3.63, 3.8) is 0 Å². The predicted molar refractivity (Wildman–Crippen MR) is 130 cm³/mol. The maximum Gasteiger partial charge on any atom is 0.162 e. The zero-order valence-corrected chi connectivity index (χ0v) is 19.3. The van der Waals surface area contributed by atoms with E-state index in [1.54, 1.807) is 18.2 Å². The summed E-state index contributed by atoms with van der Waals surface area (Å²) in [6, 6.07) is 15.3. The minimum Gasteiger partial charge on any atom is -0.490 e. The highest BCUT2D eigenvalue weighted by molar-refractivity contribution is 7.82. The molecule has 0 radical (unpaired) electrons. The van der Waals surface area contributed by atoms with Crippen molar-refractivity contribution in [2.45, 2.75) is 37.0 Å². The lowest BCUT2D eigenvalue weighted by atomic mass is 9.92. The molecule has 5 rings (SSSR count). The van der Waals surface area contributed by atoms with Crippen LogP contribution in [0, 0.1) is 0 Å². The normalized spacial score (nSPS) is 16.2. The van der Waals surface area contributed by atoms with Crippen LogP contribution in [-0.2, 0) is 17.4 Å². The molecule has 0 amide bonds. The Morgan fingerprint density at radius 1 is 0.939 bits per heavy atom. The van der Waals surface area contributed by atoms with Gasteiger partial charge < -0.3 is 19.0 Å². The van der Waals surface area contributed by atoms with Crippen molar-refractivity contribution in [1.29, 1.82) is 0 Å². The fraction of sp³-hybridized carbons (Fsp3) is 0.308. The zero-order chi connectivity index (χ0) is 23.0. The van der Waals surface area contributed by atoms with Crippen molar-refractivity contribution in [3.05, 3.63) is 77.6 Å². The molecule has 0 saturated carbocycles. The number of hydrogen-bond acceptors (Lipinski definition) is 5. The minimum atomic E-state index is -1.47. The molecule has 6 nitrogen and oxygen atoms in total. The van der Waals surface area contributed by atoms with Gasteiger partial charge in [-0.2, -0.15) is 0 Å². The summed E-state index contributed by atoms with van der Waals surface area (Å²) < 4.78 is 27.7. The zero-order valence-electron chi connectivity index (χ0n) is 18.5. The largest absolute Gasteiger partial charge is 0.490 e. The van der Waals surface area contributed by atoms with Gasteiger partial charge in [-0.15, -0.1) is 0 Å². The highest BCUT2D eigenvalue weighted by Gasteiger charge is 2.13. The molecule has 0 spiro atoms. The highest BCUT2D eigenvalue weighted by Crippen LogP contribution is 2.31. The van der Waals surface area contributed by atoms with Crippen molar-refractivity contribution >= 4 is 22.0 Å². The maximum absolute atomic E-state index is 11.0. The lowest BCUT2D eigenvalue weighted by Crippen LogP contribution is -2.03. The fourth-order valence-electron chi connectivity index (χ4n) is 3.93. The van der Waals surface area contributed by atoms with Gasteiger partial charge in [-0.1, -0.05) is 30.4 Å². The Hall–Kier alpha value is -2.87. The summed E-state index contributed by atoms with van der Waals surface area (Å²) in [6.45, 7) is 1.48. The van der Waals surface area contributed by atoms with Crippen LogP contribution in [0.1, 0.15) is 31.4 Å². The van der Waals surface area contributed by atoms with Crippen molar-refractivity contribution in [1.82, 2.24) is 0 Å². The van der Waals surface area contributed by atoms with Crippen LogP contribution in [0.3, 0.4) is 0 Å². The summed E-state index contributed by atoms with van der Waals surface area (Å²) in [4.78, 5) is 0.550. The molecule has 1 aliphatic heterocycles. The molecule has 2 aromatic carbocycles. The first-order chi connectivity index (χ1) is 16.1. The second-order valence-corrected chi connectivity index (χ2v) is 8.96. The number of rotatable bonds is 5. The molecule has 2 heterocycles. The van der Waals surface area contributed by atoms with E-state index in [9.17, 15) is 4.21 Å². The van der Waals surface area contributed by atoms with Gasteiger partial charge >= 0.3 is 0 Å². The Morgan fingerprint density at radius 3 is 2.45 bits per heavy atom. The van der Waals surface area contributed by atoms with E-state index in [-0.39, 0.29) is 6.61 Å². The van der Waals surface area contributed by atoms with E-state index in [0.29, 0.717) is 29.6 Å². The lowest BCUT2D eigenvalue weighted by Gasteiger charge is -2.14. The molecule has 174 valence electrons. The minimum absolute atomic E-state index is 0.212. The van der Waals surface area contributed by atoms with Gasteiger partial charge in [-0.25, -0.2) is 9.35 Å². The predicted octanol–water partition coefficient (Wildman–Crippen LogP) is 4.83. The number of nitrogens with two attached hydrogens (primary N) is 1. The SMILES string of the molecule is NS(=O)c1ccc2c(c1)OCCCO2.OCCC1=CCCC=C1Cc1cc2ccccc2o1. The molecule has 3 aromatic rings. The van der Waals surface area contributed by atoms with Crippen LogP contribution in [0.4, 0.5) is 0 Å². The Labute approximate surface area is 196 Å². The molecule has 2 aliphatic rings. The molecule has 1 atom stereocenters. The summed E-state index contributed by atoms with van der Waals surface area (Å²) in [5, 5.41) is 15.5. The number of ether oxygens (including phenoxy) is 2. The Morgan fingerprint density at radius 2 is 1.70 bits per heavy atom. The number of fused-ring (bicyclic) bond motifs is 2. The number of furan rings is 1. The van der Waals surface area contributed by atoms with Crippen molar-refractivity contribution in [2.75, 3.05) is 19.8 Å². The van der Waals surface area contributed by atoms with E-state index in [0.717, 1.165) is 48.8 Å². The third-order valence-electron chi connectivity index (χ3n) is 5.53. The molecule has 0 bridgehead atoms. The Kier molecular flexibility index (Phi) is 7.99. The molecular formula is C26H29NO5S. The molecule has 1 aliphatic carbocycles. The van der Waals surface area contributed by atoms with Crippen LogP contribution in [0.15, 0.2) is 81.1 Å². The number of para-hydroxylation sites is 1. The van der Waals surface area contributed by atoms with Crippen LogP contribution >= 0.6 is 0 Å². The number of allylic oxidation sites excluding steroid dienone is 3. The standard InChI is InChI=1S/C17H18O2.C9H11NO3S/c18-10-9-13-5-1-2-6-14(13)11-16-12-15-7-3-4-8-17(15)19-16;10-14(11)7-2-3-8-9(6-7)13-5-1-4-12-8/h3-8,12,18H,1-2,9-11H2;2-3,6H,1,4-5,10H2. The Balaban J connectivity index is 0.000000165. The third-order valence-corrected chi connectivity index (χ3v) is 6.25. The smallest absolute Gasteiger partial charge is 0.162 e.